The summed E-state index contributed by atoms with van der Waals surface area (Å²) in [6.07, 6.45) is 1.93. The molecule has 0 fully saturated rings. The van der Waals surface area contributed by atoms with E-state index in [9.17, 15) is 9.18 Å². The lowest BCUT2D eigenvalue weighted by Crippen LogP contribution is -2.25. The van der Waals surface area contributed by atoms with Gasteiger partial charge in [-0.25, -0.2) is 14.4 Å². The fourth-order valence-electron chi connectivity index (χ4n) is 1.93. The third kappa shape index (κ3) is 4.51. The van der Waals surface area contributed by atoms with Crippen molar-refractivity contribution >= 4 is 17.4 Å². The minimum absolute atomic E-state index is 0.235. The molecule has 22 heavy (non-hydrogen) atoms. The molecule has 1 amide bonds. The number of nitrogens with zero attached hydrogens (tertiary/aromatic N) is 2. The molecular weight excluding hydrogens is 283 g/mol. The second-order valence-electron chi connectivity index (χ2n) is 4.93. The molecule has 0 aliphatic rings. The Bertz CT molecular complexity index is 660. The first-order valence-electron chi connectivity index (χ1n) is 7.25. The zero-order chi connectivity index (χ0) is 15.9. The molecule has 6 heteroatoms. The highest BCUT2D eigenvalue weighted by Crippen LogP contribution is 2.16. The van der Waals surface area contributed by atoms with Gasteiger partial charge in [-0.15, -0.1) is 0 Å². The molecule has 0 unspecified atom stereocenters. The van der Waals surface area contributed by atoms with E-state index >= 15 is 0 Å². The maximum absolute atomic E-state index is 13.2. The lowest BCUT2D eigenvalue weighted by atomic mass is 10.3. The summed E-state index contributed by atoms with van der Waals surface area (Å²) in [5.74, 6) is 0.357. The molecule has 2 aromatic rings. The highest BCUT2D eigenvalue weighted by Gasteiger charge is 2.10. The summed E-state index contributed by atoms with van der Waals surface area (Å²) in [7, 11) is 0. The zero-order valence-corrected chi connectivity index (χ0v) is 12.7. The van der Waals surface area contributed by atoms with E-state index in [-0.39, 0.29) is 11.7 Å². The van der Waals surface area contributed by atoms with Crippen LogP contribution in [0.15, 0.2) is 30.3 Å². The van der Waals surface area contributed by atoms with E-state index in [0.717, 1.165) is 12.8 Å². The Morgan fingerprint density at radius 3 is 2.82 bits per heavy atom. The molecule has 1 aromatic heterocycles. The van der Waals surface area contributed by atoms with E-state index in [1.807, 2.05) is 0 Å². The van der Waals surface area contributed by atoms with E-state index in [1.165, 1.54) is 12.1 Å². The third-order valence-electron chi connectivity index (χ3n) is 2.98. The van der Waals surface area contributed by atoms with Gasteiger partial charge >= 0.3 is 0 Å². The molecule has 5 nitrogen and oxygen atoms in total. The Labute approximate surface area is 129 Å². The molecule has 0 spiro atoms. The molecule has 0 aliphatic heterocycles. The van der Waals surface area contributed by atoms with Crippen LogP contribution in [-0.4, -0.2) is 22.4 Å². The number of anilines is 2. The fraction of sp³-hybridized carbons (Fsp3) is 0.312. The molecule has 2 rings (SSSR count). The first-order chi connectivity index (χ1) is 10.6. The highest BCUT2D eigenvalue weighted by molar-refractivity contribution is 5.93. The number of nitrogens with one attached hydrogen (secondary N) is 2. The number of amides is 1. The Morgan fingerprint density at radius 2 is 2.09 bits per heavy atom. The van der Waals surface area contributed by atoms with E-state index in [1.54, 1.807) is 25.1 Å². The molecule has 2 N–H and O–H groups in total. The number of halogens is 1. The summed E-state index contributed by atoms with van der Waals surface area (Å²) in [5.41, 5.74) is 0.859. The van der Waals surface area contributed by atoms with E-state index in [0.29, 0.717) is 29.6 Å². The summed E-state index contributed by atoms with van der Waals surface area (Å²) < 4.78 is 13.2. The van der Waals surface area contributed by atoms with Crippen LogP contribution in [0.5, 0.6) is 0 Å². The van der Waals surface area contributed by atoms with Crippen LogP contribution >= 0.6 is 0 Å². The number of rotatable bonds is 6. The maximum Gasteiger partial charge on any atom is 0.270 e. The standard InChI is InChI=1S/C16H19FN4O/c1-3-4-8-18-16(22)14-10-15(20-11(2)19-14)21-13-7-5-6-12(17)9-13/h5-7,9-10H,3-4,8H2,1-2H3,(H,18,22)(H,19,20,21). The van der Waals surface area contributed by atoms with Crippen LogP contribution < -0.4 is 10.6 Å². The van der Waals surface area contributed by atoms with Crippen molar-refractivity contribution in [3.05, 3.63) is 47.7 Å². The molecule has 0 saturated carbocycles. The average Bonchev–Trinajstić information content (AvgIpc) is 2.46. The predicted octanol–water partition coefficient (Wildman–Crippen LogP) is 3.20. The molecule has 0 saturated heterocycles. The SMILES string of the molecule is CCCCNC(=O)c1cc(Nc2cccc(F)c2)nc(C)n1. The van der Waals surface area contributed by atoms with Crippen LogP contribution in [0.1, 0.15) is 36.1 Å². The van der Waals surface area contributed by atoms with Gasteiger partial charge in [-0.1, -0.05) is 19.4 Å². The third-order valence-corrected chi connectivity index (χ3v) is 2.98. The van der Waals surface area contributed by atoms with Crippen molar-refractivity contribution in [1.29, 1.82) is 0 Å². The minimum Gasteiger partial charge on any atom is -0.351 e. The van der Waals surface area contributed by atoms with Crippen LogP contribution in [0.3, 0.4) is 0 Å². The van der Waals surface area contributed by atoms with Gasteiger partial charge in [0.15, 0.2) is 0 Å². The number of aryl methyl sites for hydroxylation is 1. The summed E-state index contributed by atoms with van der Waals surface area (Å²) in [5, 5.41) is 5.79. The zero-order valence-electron chi connectivity index (χ0n) is 12.7. The smallest absolute Gasteiger partial charge is 0.270 e. The fourth-order valence-corrected chi connectivity index (χ4v) is 1.93. The number of aromatic nitrogens is 2. The number of carbonyl (C=O) groups excluding carboxylic acids is 1. The van der Waals surface area contributed by atoms with E-state index in [4.69, 9.17) is 0 Å². The molecule has 1 heterocycles. The largest absolute Gasteiger partial charge is 0.351 e. The van der Waals surface area contributed by atoms with Gasteiger partial charge in [0.2, 0.25) is 0 Å². The Balaban J connectivity index is 2.14. The van der Waals surface area contributed by atoms with Crippen molar-refractivity contribution in [3.8, 4) is 0 Å². The van der Waals surface area contributed by atoms with Crippen LogP contribution in [0.2, 0.25) is 0 Å². The Hall–Kier alpha value is -2.50. The molecule has 0 radical (unpaired) electrons. The van der Waals surface area contributed by atoms with Crippen molar-refractivity contribution in [1.82, 2.24) is 15.3 Å². The van der Waals surface area contributed by atoms with Gasteiger partial charge in [0.25, 0.3) is 5.91 Å². The molecular formula is C16H19FN4O. The second kappa shape index (κ2) is 7.49. The lowest BCUT2D eigenvalue weighted by Gasteiger charge is -2.09. The van der Waals surface area contributed by atoms with Crippen molar-refractivity contribution < 1.29 is 9.18 Å². The van der Waals surface area contributed by atoms with Gasteiger partial charge in [0.05, 0.1) is 0 Å². The monoisotopic (exact) mass is 302 g/mol. The second-order valence-corrected chi connectivity index (χ2v) is 4.93. The van der Waals surface area contributed by atoms with Gasteiger partial charge in [0, 0.05) is 18.3 Å². The lowest BCUT2D eigenvalue weighted by molar-refractivity contribution is 0.0948. The number of unbranched alkanes of at least 4 members (excludes halogenated alkanes) is 1. The van der Waals surface area contributed by atoms with Gasteiger partial charge in [-0.05, 0) is 31.5 Å². The molecule has 116 valence electrons. The van der Waals surface area contributed by atoms with Crippen LogP contribution in [0, 0.1) is 12.7 Å². The van der Waals surface area contributed by atoms with Gasteiger partial charge < -0.3 is 10.6 Å². The van der Waals surface area contributed by atoms with Crippen LogP contribution in [0.25, 0.3) is 0 Å². The van der Waals surface area contributed by atoms with Crippen molar-refractivity contribution in [2.45, 2.75) is 26.7 Å². The molecule has 0 bridgehead atoms. The van der Waals surface area contributed by atoms with E-state index < -0.39 is 0 Å². The predicted molar refractivity (Wildman–Crippen MR) is 83.7 cm³/mol. The van der Waals surface area contributed by atoms with Crippen molar-refractivity contribution in [2.75, 3.05) is 11.9 Å². The molecule has 1 aromatic carbocycles. The average molecular weight is 302 g/mol. The maximum atomic E-state index is 13.2. The van der Waals surface area contributed by atoms with E-state index in [2.05, 4.69) is 27.5 Å². The minimum atomic E-state index is -0.340. The number of hydrogen-bond donors (Lipinski definition) is 2. The topological polar surface area (TPSA) is 66.9 Å². The molecule has 0 atom stereocenters. The van der Waals surface area contributed by atoms with Crippen molar-refractivity contribution in [2.24, 2.45) is 0 Å². The van der Waals surface area contributed by atoms with Crippen LogP contribution in [0.4, 0.5) is 15.9 Å². The quantitative estimate of drug-likeness (QED) is 0.804. The van der Waals surface area contributed by atoms with Gasteiger partial charge in [0.1, 0.15) is 23.2 Å². The summed E-state index contributed by atoms with van der Waals surface area (Å²) in [4.78, 5) is 20.4. The summed E-state index contributed by atoms with van der Waals surface area (Å²) in [6.45, 7) is 4.38. The number of hydrogen-bond acceptors (Lipinski definition) is 4. The first kappa shape index (κ1) is 15.9. The van der Waals surface area contributed by atoms with Gasteiger partial charge in [-0.2, -0.15) is 0 Å². The van der Waals surface area contributed by atoms with Gasteiger partial charge in [-0.3, -0.25) is 4.79 Å². The number of benzene rings is 1. The Kier molecular flexibility index (Phi) is 5.41. The summed E-state index contributed by atoms with van der Waals surface area (Å²) in [6, 6.07) is 7.60. The highest BCUT2D eigenvalue weighted by atomic mass is 19.1. The summed E-state index contributed by atoms with van der Waals surface area (Å²) >= 11 is 0. The van der Waals surface area contributed by atoms with Crippen molar-refractivity contribution in [3.63, 3.8) is 0 Å². The Morgan fingerprint density at radius 1 is 1.27 bits per heavy atom. The molecule has 0 aliphatic carbocycles. The van der Waals surface area contributed by atoms with Crippen LogP contribution in [-0.2, 0) is 0 Å². The normalized spacial score (nSPS) is 10.3. The number of carbonyl (C=O) groups is 1. The first-order valence-corrected chi connectivity index (χ1v) is 7.25.